The van der Waals surface area contributed by atoms with Gasteiger partial charge in [0.1, 0.15) is 40.9 Å². The molecule has 0 unspecified atom stereocenters. The first kappa shape index (κ1) is 46.1. The second-order valence-corrected chi connectivity index (χ2v) is 23.4. The highest BCUT2D eigenvalue weighted by molar-refractivity contribution is 9.10. The number of nitrogens with zero attached hydrogens (tertiary/aromatic N) is 9. The predicted octanol–water partition coefficient (Wildman–Crippen LogP) is 8.13. The molecule has 9 rings (SSSR count). The van der Waals surface area contributed by atoms with Gasteiger partial charge in [0, 0.05) is 52.5 Å². The van der Waals surface area contributed by atoms with Crippen molar-refractivity contribution < 1.29 is 10.0 Å². The summed E-state index contributed by atoms with van der Waals surface area (Å²) in [5, 5.41) is 65.6. The number of thiophene rings is 3. The molecule has 2 saturated carbocycles. The third-order valence-corrected chi connectivity index (χ3v) is 12.6. The molecule has 7 aromatic rings. The van der Waals surface area contributed by atoms with Gasteiger partial charge in [-0.1, -0.05) is 43.6 Å². The van der Waals surface area contributed by atoms with Crippen molar-refractivity contribution in [3.05, 3.63) is 108 Å². The lowest BCUT2D eigenvalue weighted by Crippen LogP contribution is -2.26. The fourth-order valence-corrected chi connectivity index (χ4v) is 7.89. The third kappa shape index (κ3) is 14.0. The number of terminal acetylenes is 1. The Morgan fingerprint density at radius 3 is 1.86 bits per heavy atom. The number of halogens is 1. The van der Waals surface area contributed by atoms with E-state index in [4.69, 9.17) is 32.3 Å². The summed E-state index contributed by atoms with van der Waals surface area (Å²) >= 11 is 7.19. The van der Waals surface area contributed by atoms with Crippen LogP contribution in [-0.2, 0) is 0 Å². The predicted molar refractivity (Wildman–Crippen MR) is 254 cm³/mol. The van der Waals surface area contributed by atoms with Gasteiger partial charge in [0.15, 0.2) is 33.8 Å². The van der Waals surface area contributed by atoms with Crippen LogP contribution < -0.4 is 15.4 Å². The largest absolute Gasteiger partial charge is 0.499 e. The van der Waals surface area contributed by atoms with Crippen LogP contribution in [0.1, 0.15) is 74.7 Å². The van der Waals surface area contributed by atoms with Crippen molar-refractivity contribution >= 4 is 93.2 Å². The van der Waals surface area contributed by atoms with E-state index in [9.17, 15) is 0 Å². The first-order valence-electron chi connectivity index (χ1n) is 19.2. The van der Waals surface area contributed by atoms with Crippen LogP contribution in [0.5, 0.6) is 0 Å². The van der Waals surface area contributed by atoms with Crippen LogP contribution in [0.25, 0.3) is 10.7 Å². The van der Waals surface area contributed by atoms with E-state index in [1.165, 1.54) is 60.1 Å². The average Bonchev–Trinajstić information content (AvgIpc) is 3.84. The Labute approximate surface area is 385 Å². The molecule has 0 bridgehead atoms. The summed E-state index contributed by atoms with van der Waals surface area (Å²) in [4.78, 5) is 20.1. The van der Waals surface area contributed by atoms with Gasteiger partial charge in [0.2, 0.25) is 0 Å². The molecule has 2 aliphatic carbocycles. The number of nitrogens with one attached hydrogen (secondary N) is 4. The van der Waals surface area contributed by atoms with Crippen molar-refractivity contribution in [1.82, 2.24) is 40.3 Å². The maximum absolute atomic E-state index is 8.95. The second kappa shape index (κ2) is 21.6. The molecule has 2 fully saturated rings. The highest BCUT2D eigenvalue weighted by atomic mass is 79.9. The Balaban J connectivity index is 0.000000155. The minimum Gasteiger partial charge on any atom is -0.423 e. The molecule has 0 amide bonds. The number of hydrogen-bond donors (Lipinski definition) is 6. The molecule has 0 saturated heterocycles. The van der Waals surface area contributed by atoms with Crippen molar-refractivity contribution in [2.75, 3.05) is 10.6 Å². The molecular formula is C42H37BBrN13O2S3Si. The molecule has 15 nitrogen and oxygen atoms in total. The van der Waals surface area contributed by atoms with Gasteiger partial charge >= 0.3 is 7.12 Å². The van der Waals surface area contributed by atoms with Gasteiger partial charge in [0.25, 0.3) is 0 Å². The van der Waals surface area contributed by atoms with E-state index in [2.05, 4.69) is 110 Å². The van der Waals surface area contributed by atoms with Gasteiger partial charge in [-0.2, -0.15) is 26.0 Å². The van der Waals surface area contributed by atoms with Gasteiger partial charge in [-0.15, -0.1) is 46.0 Å². The highest BCUT2D eigenvalue weighted by Crippen LogP contribution is 2.40. The Morgan fingerprint density at radius 2 is 1.38 bits per heavy atom. The van der Waals surface area contributed by atoms with Gasteiger partial charge < -0.3 is 20.7 Å². The Kier molecular flexibility index (Phi) is 15.8. The van der Waals surface area contributed by atoms with E-state index >= 15 is 0 Å². The van der Waals surface area contributed by atoms with Gasteiger partial charge in [-0.25, -0.2) is 19.9 Å². The summed E-state index contributed by atoms with van der Waals surface area (Å²) in [7, 11) is -2.90. The number of hydrogen-bond acceptors (Lipinski definition) is 16. The average molecular weight is 971 g/mol. The molecule has 2 aliphatic rings. The van der Waals surface area contributed by atoms with Crippen molar-refractivity contribution in [2.24, 2.45) is 0 Å². The van der Waals surface area contributed by atoms with Crippen LogP contribution in [0.2, 0.25) is 19.6 Å². The maximum atomic E-state index is 8.95. The van der Waals surface area contributed by atoms with Crippen LogP contribution in [0.3, 0.4) is 0 Å². The van der Waals surface area contributed by atoms with Crippen molar-refractivity contribution in [1.29, 1.82) is 15.8 Å². The van der Waals surface area contributed by atoms with Crippen molar-refractivity contribution in [3.8, 4) is 52.7 Å². The van der Waals surface area contributed by atoms with Crippen molar-refractivity contribution in [2.45, 2.75) is 57.2 Å². The van der Waals surface area contributed by atoms with Gasteiger partial charge in [0.05, 0.1) is 16.0 Å². The smallest absolute Gasteiger partial charge is 0.423 e. The molecular weight excluding hydrogens is 934 g/mol. The van der Waals surface area contributed by atoms with Crippen LogP contribution in [0.4, 0.5) is 23.3 Å². The number of nitriles is 3. The first-order chi connectivity index (χ1) is 30.3. The zero-order chi connectivity index (χ0) is 44.9. The lowest BCUT2D eigenvalue weighted by molar-refractivity contribution is 0.427. The quantitative estimate of drug-likeness (QED) is 0.0479. The minimum absolute atomic E-state index is 0.400. The standard InChI is InChI=1S/C17H12N6S.C15H18BrN5Si.C5H4BNO2S.C5H3NS/c1-2-10-9-19-17(14-6-5-12(8-18)24-14)21-16(10)20-15-7-13(22-23-15)11-3-4-11;1-22(2,3)7-6-11-9-17-15(16)19-14(11)18-13-8-12(20-21-13)10-4-5-10;7-3-4-1-2-5(10-4)6(8)9;6-4-5-2-1-3-7-5/h1,5-7,9,11H,3-4H2,(H2,19,20,21,22,23);8-10H,4-5H2,1-3H3,(H2,17,18,19,20,21);1-2,8-9H;1-3H. The van der Waals surface area contributed by atoms with Crippen LogP contribution >= 0.6 is 49.9 Å². The van der Waals surface area contributed by atoms with Crippen LogP contribution in [0.15, 0.2) is 71.0 Å². The summed E-state index contributed by atoms with van der Waals surface area (Å²) in [5.74, 6) is 10.2. The molecule has 21 heteroatoms. The van der Waals surface area contributed by atoms with E-state index in [-0.39, 0.29) is 0 Å². The van der Waals surface area contributed by atoms with E-state index in [1.54, 1.807) is 30.6 Å². The number of aromatic nitrogens is 8. The summed E-state index contributed by atoms with van der Waals surface area (Å²) in [6, 6.07) is 20.4. The number of aromatic amines is 2. The lowest BCUT2D eigenvalue weighted by atomic mass is 9.90. The SMILES string of the molecule is C#Cc1cnc(-c2ccc(C#N)s2)nc1Nc1cc(C2CC2)[nH]n1.C[Si](C)(C)C#Cc1cnc(Br)nc1Nc1cc(C2CC2)[nH]n1.N#Cc1ccc(B(O)O)s1.N#Cc1cccs1. The summed E-state index contributed by atoms with van der Waals surface area (Å²) in [6.45, 7) is 6.63. The maximum Gasteiger partial charge on any atom is 0.499 e. The minimum atomic E-state index is -1.45. The first-order valence-corrected chi connectivity index (χ1v) is 26.0. The summed E-state index contributed by atoms with van der Waals surface area (Å²) in [6.07, 6.45) is 13.8. The molecule has 0 aliphatic heterocycles. The topological polar surface area (TPSA) is 245 Å². The van der Waals surface area contributed by atoms with E-state index < -0.39 is 15.2 Å². The fraction of sp³-hybridized carbons (Fsp3) is 0.214. The third-order valence-electron chi connectivity index (χ3n) is 8.56. The molecule has 6 N–H and O–H groups in total. The van der Waals surface area contributed by atoms with Crippen molar-refractivity contribution in [3.63, 3.8) is 0 Å². The molecule has 0 aromatic carbocycles. The molecule has 0 atom stereocenters. The zero-order valence-electron chi connectivity index (χ0n) is 34.0. The number of anilines is 4. The normalized spacial score (nSPS) is 12.3. The molecule has 0 radical (unpaired) electrons. The highest BCUT2D eigenvalue weighted by Gasteiger charge is 2.26. The Morgan fingerprint density at radius 1 is 0.794 bits per heavy atom. The number of H-pyrrole nitrogens is 2. The molecule has 7 aromatic heterocycles. The van der Waals surface area contributed by atoms with Crippen LogP contribution in [-0.4, -0.2) is 65.6 Å². The van der Waals surface area contributed by atoms with Gasteiger partial charge in [-0.3, -0.25) is 10.2 Å². The fourth-order valence-electron chi connectivity index (χ4n) is 5.17. The Hall–Kier alpha value is -6.45. The summed E-state index contributed by atoms with van der Waals surface area (Å²) < 4.78 is 0.933. The summed E-state index contributed by atoms with van der Waals surface area (Å²) in [5.41, 5.74) is 7.01. The molecule has 314 valence electrons. The molecule has 63 heavy (non-hydrogen) atoms. The second-order valence-electron chi connectivity index (χ2n) is 14.8. The van der Waals surface area contributed by atoms with Gasteiger partial charge in [-0.05, 0) is 71.3 Å². The molecule has 0 spiro atoms. The van der Waals surface area contributed by atoms with E-state index in [1.807, 2.05) is 41.8 Å². The monoisotopic (exact) mass is 969 g/mol. The van der Waals surface area contributed by atoms with Crippen LogP contribution in [0, 0.1) is 57.8 Å². The Bertz CT molecular complexity index is 2890. The molecule has 7 heterocycles. The van der Waals surface area contributed by atoms with E-state index in [0.29, 0.717) is 59.9 Å². The zero-order valence-corrected chi connectivity index (χ0v) is 39.0. The lowest BCUT2D eigenvalue weighted by Gasteiger charge is -2.06. The van der Waals surface area contributed by atoms with E-state index in [0.717, 1.165) is 38.2 Å². The number of rotatable bonds is 8.